The van der Waals surface area contributed by atoms with Gasteiger partial charge in [-0.2, -0.15) is 0 Å². The number of thiazole rings is 1. The van der Waals surface area contributed by atoms with E-state index in [4.69, 9.17) is 5.73 Å². The highest BCUT2D eigenvalue weighted by atomic mass is 32.1. The van der Waals surface area contributed by atoms with Gasteiger partial charge in [0.25, 0.3) is 0 Å². The first-order valence-corrected chi connectivity index (χ1v) is 6.87. The topological polar surface area (TPSA) is 38.9 Å². The largest absolute Gasteiger partial charge is 0.375 e. The lowest BCUT2D eigenvalue weighted by Gasteiger charge is -2.41. The number of nitrogens with zero attached hydrogens (tertiary/aromatic N) is 1. The van der Waals surface area contributed by atoms with Gasteiger partial charge in [-0.1, -0.05) is 36.2 Å². The van der Waals surface area contributed by atoms with Crippen LogP contribution in [0.1, 0.15) is 36.1 Å². The van der Waals surface area contributed by atoms with Crippen LogP contribution in [-0.4, -0.2) is 4.98 Å². The number of nitrogens with two attached hydrogens (primary N) is 1. The van der Waals surface area contributed by atoms with Crippen LogP contribution in [0.15, 0.2) is 29.6 Å². The first-order chi connectivity index (χ1) is 8.21. The highest BCUT2D eigenvalue weighted by molar-refractivity contribution is 7.13. The number of hydrogen-bond donors (Lipinski definition) is 1. The van der Waals surface area contributed by atoms with E-state index in [2.05, 4.69) is 41.6 Å². The second-order valence-electron chi connectivity index (χ2n) is 4.87. The molecule has 1 aliphatic rings. The lowest BCUT2D eigenvalue weighted by Crippen LogP contribution is -2.35. The lowest BCUT2D eigenvalue weighted by molar-refractivity contribution is 0.295. The molecule has 17 heavy (non-hydrogen) atoms. The molecule has 2 aromatic rings. The van der Waals surface area contributed by atoms with E-state index in [1.807, 2.05) is 0 Å². The van der Waals surface area contributed by atoms with Crippen molar-refractivity contribution in [3.05, 3.63) is 46.5 Å². The van der Waals surface area contributed by atoms with Gasteiger partial charge in [-0.05, 0) is 25.3 Å². The minimum Gasteiger partial charge on any atom is -0.375 e. The smallest absolute Gasteiger partial charge is 0.180 e. The van der Waals surface area contributed by atoms with E-state index in [1.54, 1.807) is 11.3 Å². The van der Waals surface area contributed by atoms with Gasteiger partial charge >= 0.3 is 0 Å². The third-order valence-electron chi connectivity index (χ3n) is 3.82. The molecule has 1 fully saturated rings. The maximum atomic E-state index is 5.76. The standard InChI is InChI=1S/C14H16N2S/c1-10-3-5-11(6-4-10)14(7-2-8-14)12-9-17-13(15)16-12/h3-6,9H,2,7-8H2,1H3,(H2,15,16). The van der Waals surface area contributed by atoms with Crippen molar-refractivity contribution in [2.45, 2.75) is 31.6 Å². The molecule has 1 heterocycles. The summed E-state index contributed by atoms with van der Waals surface area (Å²) in [5.41, 5.74) is 9.76. The fourth-order valence-corrected chi connectivity index (χ4v) is 3.26. The molecule has 3 heteroatoms. The molecule has 0 amide bonds. The van der Waals surface area contributed by atoms with E-state index in [0.29, 0.717) is 5.13 Å². The Kier molecular flexibility index (Phi) is 2.44. The number of aryl methyl sites for hydroxylation is 1. The van der Waals surface area contributed by atoms with Gasteiger partial charge in [0.05, 0.1) is 5.69 Å². The van der Waals surface area contributed by atoms with Crippen LogP contribution < -0.4 is 5.73 Å². The average molecular weight is 244 g/mol. The second kappa shape index (κ2) is 3.84. The third kappa shape index (κ3) is 1.65. The zero-order valence-corrected chi connectivity index (χ0v) is 10.8. The monoisotopic (exact) mass is 244 g/mol. The summed E-state index contributed by atoms with van der Waals surface area (Å²) < 4.78 is 0. The van der Waals surface area contributed by atoms with Gasteiger partial charge in [0.1, 0.15) is 0 Å². The normalized spacial score (nSPS) is 17.7. The molecule has 1 aliphatic carbocycles. The predicted molar refractivity (Wildman–Crippen MR) is 72.3 cm³/mol. The average Bonchev–Trinajstić information content (AvgIpc) is 2.67. The van der Waals surface area contributed by atoms with E-state index in [0.717, 1.165) is 5.69 Å². The van der Waals surface area contributed by atoms with E-state index >= 15 is 0 Å². The molecule has 2 N–H and O–H groups in total. The Labute approximate surface area is 106 Å². The number of hydrogen-bond acceptors (Lipinski definition) is 3. The van der Waals surface area contributed by atoms with Crippen molar-refractivity contribution in [3.63, 3.8) is 0 Å². The summed E-state index contributed by atoms with van der Waals surface area (Å²) in [6.07, 6.45) is 3.67. The molecule has 1 saturated carbocycles. The Morgan fingerprint density at radius 2 is 1.94 bits per heavy atom. The summed E-state index contributed by atoms with van der Waals surface area (Å²) >= 11 is 1.55. The van der Waals surface area contributed by atoms with E-state index in [1.165, 1.54) is 30.4 Å². The molecule has 0 atom stereocenters. The van der Waals surface area contributed by atoms with Crippen molar-refractivity contribution in [3.8, 4) is 0 Å². The van der Waals surface area contributed by atoms with Crippen LogP contribution in [-0.2, 0) is 5.41 Å². The highest BCUT2D eigenvalue weighted by Gasteiger charge is 2.42. The zero-order chi connectivity index (χ0) is 11.9. The summed E-state index contributed by atoms with van der Waals surface area (Å²) in [5.74, 6) is 0. The van der Waals surface area contributed by atoms with Crippen LogP contribution in [0, 0.1) is 6.92 Å². The Morgan fingerprint density at radius 1 is 1.24 bits per heavy atom. The van der Waals surface area contributed by atoms with E-state index in [-0.39, 0.29) is 5.41 Å². The van der Waals surface area contributed by atoms with E-state index in [9.17, 15) is 0 Å². The Balaban J connectivity index is 2.05. The third-order valence-corrected chi connectivity index (χ3v) is 4.50. The molecule has 0 radical (unpaired) electrons. The number of rotatable bonds is 2. The quantitative estimate of drug-likeness (QED) is 0.878. The zero-order valence-electron chi connectivity index (χ0n) is 9.94. The minimum atomic E-state index is 0.141. The summed E-state index contributed by atoms with van der Waals surface area (Å²) in [5, 5.41) is 2.80. The molecule has 0 spiro atoms. The van der Waals surface area contributed by atoms with Crippen LogP contribution in [0.5, 0.6) is 0 Å². The summed E-state index contributed by atoms with van der Waals surface area (Å²) in [4.78, 5) is 4.50. The maximum Gasteiger partial charge on any atom is 0.180 e. The summed E-state index contributed by atoms with van der Waals surface area (Å²) in [6.45, 7) is 2.12. The number of anilines is 1. The van der Waals surface area contributed by atoms with Crippen LogP contribution in [0.4, 0.5) is 5.13 Å². The summed E-state index contributed by atoms with van der Waals surface area (Å²) in [7, 11) is 0. The van der Waals surface area contributed by atoms with Crippen molar-refractivity contribution >= 4 is 16.5 Å². The molecule has 88 valence electrons. The minimum absolute atomic E-state index is 0.141. The molecule has 0 saturated heterocycles. The molecular weight excluding hydrogens is 228 g/mol. The SMILES string of the molecule is Cc1ccc(C2(c3csc(N)n3)CCC2)cc1. The Hall–Kier alpha value is -1.35. The lowest BCUT2D eigenvalue weighted by atomic mass is 9.63. The van der Waals surface area contributed by atoms with Gasteiger partial charge < -0.3 is 5.73 Å². The van der Waals surface area contributed by atoms with Crippen LogP contribution in [0.3, 0.4) is 0 Å². The van der Waals surface area contributed by atoms with Crippen LogP contribution >= 0.6 is 11.3 Å². The number of aromatic nitrogens is 1. The van der Waals surface area contributed by atoms with Gasteiger partial charge in [0.2, 0.25) is 0 Å². The van der Waals surface area contributed by atoms with Crippen molar-refractivity contribution in [1.82, 2.24) is 4.98 Å². The highest BCUT2D eigenvalue weighted by Crippen LogP contribution is 2.49. The van der Waals surface area contributed by atoms with Gasteiger partial charge in [-0.3, -0.25) is 0 Å². The second-order valence-corrected chi connectivity index (χ2v) is 5.76. The van der Waals surface area contributed by atoms with Gasteiger partial charge in [0, 0.05) is 10.8 Å². The first kappa shape index (κ1) is 10.8. The van der Waals surface area contributed by atoms with E-state index < -0.39 is 0 Å². The van der Waals surface area contributed by atoms with Crippen molar-refractivity contribution in [1.29, 1.82) is 0 Å². The molecule has 1 aromatic heterocycles. The molecule has 0 bridgehead atoms. The first-order valence-electron chi connectivity index (χ1n) is 5.99. The molecule has 1 aromatic carbocycles. The fourth-order valence-electron chi connectivity index (χ4n) is 2.60. The van der Waals surface area contributed by atoms with Gasteiger partial charge in [-0.15, -0.1) is 11.3 Å². The predicted octanol–water partition coefficient (Wildman–Crippen LogP) is 3.50. The summed E-state index contributed by atoms with van der Waals surface area (Å²) in [6, 6.07) is 8.85. The van der Waals surface area contributed by atoms with Crippen molar-refractivity contribution in [2.75, 3.05) is 5.73 Å². The van der Waals surface area contributed by atoms with Gasteiger partial charge in [0.15, 0.2) is 5.13 Å². The Bertz CT molecular complexity index is 523. The maximum absolute atomic E-state index is 5.76. The molecule has 0 aliphatic heterocycles. The number of benzene rings is 1. The van der Waals surface area contributed by atoms with Crippen LogP contribution in [0.25, 0.3) is 0 Å². The number of nitrogen functional groups attached to an aromatic ring is 1. The van der Waals surface area contributed by atoms with Crippen molar-refractivity contribution < 1.29 is 0 Å². The molecule has 3 rings (SSSR count). The van der Waals surface area contributed by atoms with Crippen molar-refractivity contribution in [2.24, 2.45) is 0 Å². The van der Waals surface area contributed by atoms with Crippen LogP contribution in [0.2, 0.25) is 0 Å². The molecular formula is C14H16N2S. The van der Waals surface area contributed by atoms with Gasteiger partial charge in [-0.25, -0.2) is 4.98 Å². The molecule has 0 unspecified atom stereocenters. The Morgan fingerprint density at radius 3 is 2.41 bits per heavy atom. The molecule has 2 nitrogen and oxygen atoms in total. The fraction of sp³-hybridized carbons (Fsp3) is 0.357.